The van der Waals surface area contributed by atoms with E-state index in [0.29, 0.717) is 6.54 Å². The Morgan fingerprint density at radius 2 is 2.06 bits per heavy atom. The lowest BCUT2D eigenvalue weighted by molar-refractivity contribution is -0.135. The summed E-state index contributed by atoms with van der Waals surface area (Å²) < 4.78 is 13.0. The molecule has 1 unspecified atom stereocenters. The molecule has 0 fully saturated rings. The zero-order valence-corrected chi connectivity index (χ0v) is 11.5. The van der Waals surface area contributed by atoms with Gasteiger partial charge < -0.3 is 4.90 Å². The van der Waals surface area contributed by atoms with Gasteiger partial charge in [0, 0.05) is 13.6 Å². The molecule has 0 saturated carbocycles. The van der Waals surface area contributed by atoms with E-state index in [2.05, 4.69) is 0 Å². The molecule has 0 aromatic heterocycles. The SMILES string of the molecule is CCN(C)C(C)C(=O)N(C)Cc1cccc(F)c1. The third-order valence-corrected chi connectivity index (χ3v) is 3.20. The molecule has 0 N–H and O–H groups in total. The van der Waals surface area contributed by atoms with E-state index >= 15 is 0 Å². The Hall–Kier alpha value is -1.42. The molecule has 1 atom stereocenters. The summed E-state index contributed by atoms with van der Waals surface area (Å²) in [6, 6.07) is 6.18. The van der Waals surface area contributed by atoms with Crippen molar-refractivity contribution >= 4 is 5.91 Å². The predicted octanol–water partition coefficient (Wildman–Crippen LogP) is 2.12. The van der Waals surface area contributed by atoms with Gasteiger partial charge in [0.2, 0.25) is 5.91 Å². The zero-order valence-electron chi connectivity index (χ0n) is 11.5. The molecule has 0 saturated heterocycles. The predicted molar refractivity (Wildman–Crippen MR) is 70.6 cm³/mol. The van der Waals surface area contributed by atoms with Gasteiger partial charge in [-0.1, -0.05) is 19.1 Å². The third-order valence-electron chi connectivity index (χ3n) is 3.20. The fraction of sp³-hybridized carbons (Fsp3) is 0.500. The fourth-order valence-corrected chi connectivity index (χ4v) is 1.77. The number of halogens is 1. The maximum atomic E-state index is 13.0. The number of rotatable bonds is 5. The van der Waals surface area contributed by atoms with E-state index in [-0.39, 0.29) is 17.8 Å². The van der Waals surface area contributed by atoms with Crippen molar-refractivity contribution in [1.82, 2.24) is 9.80 Å². The molecule has 4 heteroatoms. The summed E-state index contributed by atoms with van der Waals surface area (Å²) in [7, 11) is 3.66. The number of benzene rings is 1. The summed E-state index contributed by atoms with van der Waals surface area (Å²) in [5.41, 5.74) is 0.803. The van der Waals surface area contributed by atoms with Gasteiger partial charge in [0.1, 0.15) is 5.82 Å². The van der Waals surface area contributed by atoms with E-state index in [4.69, 9.17) is 0 Å². The number of nitrogens with zero attached hydrogens (tertiary/aromatic N) is 2. The molecule has 0 aliphatic heterocycles. The second-order valence-electron chi connectivity index (χ2n) is 4.57. The molecule has 0 heterocycles. The van der Waals surface area contributed by atoms with Gasteiger partial charge in [-0.25, -0.2) is 4.39 Å². The van der Waals surface area contributed by atoms with E-state index in [1.54, 1.807) is 18.0 Å². The van der Waals surface area contributed by atoms with Crippen LogP contribution in [0.4, 0.5) is 4.39 Å². The lowest BCUT2D eigenvalue weighted by Crippen LogP contribution is -2.43. The number of carbonyl (C=O) groups excluding carboxylic acids is 1. The molecule has 100 valence electrons. The normalized spacial score (nSPS) is 12.6. The molecule has 0 radical (unpaired) electrons. The summed E-state index contributed by atoms with van der Waals surface area (Å²) in [6.07, 6.45) is 0. The van der Waals surface area contributed by atoms with E-state index in [1.807, 2.05) is 31.9 Å². The zero-order chi connectivity index (χ0) is 13.7. The molecule has 1 aromatic carbocycles. The van der Waals surface area contributed by atoms with Crippen LogP contribution < -0.4 is 0 Å². The smallest absolute Gasteiger partial charge is 0.239 e. The van der Waals surface area contributed by atoms with Crippen molar-refractivity contribution in [3.63, 3.8) is 0 Å². The molecule has 0 aliphatic carbocycles. The number of amides is 1. The second-order valence-corrected chi connectivity index (χ2v) is 4.57. The topological polar surface area (TPSA) is 23.6 Å². The molecule has 0 bridgehead atoms. The molecule has 3 nitrogen and oxygen atoms in total. The summed E-state index contributed by atoms with van der Waals surface area (Å²) in [5.74, 6) is -0.226. The van der Waals surface area contributed by atoms with Crippen LogP contribution in [0, 0.1) is 5.82 Å². The van der Waals surface area contributed by atoms with Crippen molar-refractivity contribution in [1.29, 1.82) is 0 Å². The first-order chi connectivity index (χ1) is 8.45. The minimum Gasteiger partial charge on any atom is -0.340 e. The highest BCUT2D eigenvalue weighted by atomic mass is 19.1. The van der Waals surface area contributed by atoms with Crippen LogP contribution in [0.5, 0.6) is 0 Å². The number of carbonyl (C=O) groups is 1. The first-order valence-electron chi connectivity index (χ1n) is 6.15. The molecule has 1 amide bonds. The number of likely N-dealkylation sites (N-methyl/N-ethyl adjacent to an activating group) is 2. The maximum Gasteiger partial charge on any atom is 0.239 e. The fourth-order valence-electron chi connectivity index (χ4n) is 1.77. The van der Waals surface area contributed by atoms with Crippen molar-refractivity contribution in [3.8, 4) is 0 Å². The summed E-state index contributed by atoms with van der Waals surface area (Å²) in [4.78, 5) is 15.7. The van der Waals surface area contributed by atoms with E-state index < -0.39 is 0 Å². The van der Waals surface area contributed by atoms with Crippen molar-refractivity contribution in [2.45, 2.75) is 26.4 Å². The second kappa shape index (κ2) is 6.50. The summed E-state index contributed by atoms with van der Waals surface area (Å²) in [6.45, 7) is 5.14. The van der Waals surface area contributed by atoms with Crippen LogP contribution in [-0.4, -0.2) is 42.4 Å². The van der Waals surface area contributed by atoms with Crippen LogP contribution in [0.15, 0.2) is 24.3 Å². The Labute approximate surface area is 108 Å². The van der Waals surface area contributed by atoms with Crippen molar-refractivity contribution in [3.05, 3.63) is 35.6 Å². The average Bonchev–Trinajstić information content (AvgIpc) is 2.36. The maximum absolute atomic E-state index is 13.0. The highest BCUT2D eigenvalue weighted by molar-refractivity contribution is 5.81. The highest BCUT2D eigenvalue weighted by Crippen LogP contribution is 2.08. The lowest BCUT2D eigenvalue weighted by Gasteiger charge is -2.27. The molecule has 1 aromatic rings. The van der Waals surface area contributed by atoms with Crippen LogP contribution in [-0.2, 0) is 11.3 Å². The molecular weight excluding hydrogens is 231 g/mol. The number of hydrogen-bond acceptors (Lipinski definition) is 2. The van der Waals surface area contributed by atoms with Gasteiger partial charge in [-0.15, -0.1) is 0 Å². The standard InChI is InChI=1S/C14H21FN2O/c1-5-16(3)11(2)14(18)17(4)10-12-7-6-8-13(15)9-12/h6-9,11H,5,10H2,1-4H3. The third kappa shape index (κ3) is 3.81. The summed E-state index contributed by atoms with van der Waals surface area (Å²) in [5, 5.41) is 0. The molecule has 0 aliphatic rings. The highest BCUT2D eigenvalue weighted by Gasteiger charge is 2.20. The van der Waals surface area contributed by atoms with Crippen LogP contribution in [0.1, 0.15) is 19.4 Å². The van der Waals surface area contributed by atoms with Gasteiger partial charge >= 0.3 is 0 Å². The van der Waals surface area contributed by atoms with E-state index in [1.165, 1.54) is 12.1 Å². The van der Waals surface area contributed by atoms with Gasteiger partial charge in [0.25, 0.3) is 0 Å². The van der Waals surface area contributed by atoms with Gasteiger partial charge in [0.15, 0.2) is 0 Å². The van der Waals surface area contributed by atoms with Gasteiger partial charge in [-0.05, 0) is 38.2 Å². The van der Waals surface area contributed by atoms with Gasteiger partial charge in [0.05, 0.1) is 6.04 Å². The molecule has 18 heavy (non-hydrogen) atoms. The molecule has 1 rings (SSSR count). The molecular formula is C14H21FN2O. The van der Waals surface area contributed by atoms with Crippen LogP contribution in [0.25, 0.3) is 0 Å². The largest absolute Gasteiger partial charge is 0.340 e. The van der Waals surface area contributed by atoms with Crippen molar-refractivity contribution < 1.29 is 9.18 Å². The lowest BCUT2D eigenvalue weighted by atomic mass is 10.2. The van der Waals surface area contributed by atoms with E-state index in [9.17, 15) is 9.18 Å². The Morgan fingerprint density at radius 3 is 2.61 bits per heavy atom. The monoisotopic (exact) mass is 252 g/mol. The van der Waals surface area contributed by atoms with Crippen LogP contribution in [0.3, 0.4) is 0 Å². The Kier molecular flexibility index (Phi) is 5.28. The van der Waals surface area contributed by atoms with Gasteiger partial charge in [-0.3, -0.25) is 9.69 Å². The van der Waals surface area contributed by atoms with E-state index in [0.717, 1.165) is 12.1 Å². The van der Waals surface area contributed by atoms with Crippen LogP contribution in [0.2, 0.25) is 0 Å². The first-order valence-corrected chi connectivity index (χ1v) is 6.15. The van der Waals surface area contributed by atoms with Gasteiger partial charge in [-0.2, -0.15) is 0 Å². The Balaban J connectivity index is 2.65. The quantitative estimate of drug-likeness (QED) is 0.801. The minimum absolute atomic E-state index is 0.0450. The Morgan fingerprint density at radius 1 is 1.39 bits per heavy atom. The van der Waals surface area contributed by atoms with Crippen molar-refractivity contribution in [2.75, 3.05) is 20.6 Å². The Bertz CT molecular complexity index is 409. The minimum atomic E-state index is -0.271. The van der Waals surface area contributed by atoms with Crippen molar-refractivity contribution in [2.24, 2.45) is 0 Å². The van der Waals surface area contributed by atoms with Crippen LogP contribution >= 0.6 is 0 Å². The first kappa shape index (κ1) is 14.6. The molecule has 0 spiro atoms. The average molecular weight is 252 g/mol. The summed E-state index contributed by atoms with van der Waals surface area (Å²) >= 11 is 0. The number of hydrogen-bond donors (Lipinski definition) is 0.